The number of ether oxygens (including phenoxy) is 2. The molecule has 0 radical (unpaired) electrons. The largest absolute Gasteiger partial charge is 0.480 e. The van der Waals surface area contributed by atoms with Gasteiger partial charge < -0.3 is 9.47 Å². The fraction of sp³-hybridized carbons (Fsp3) is 0.250. The summed E-state index contributed by atoms with van der Waals surface area (Å²) in [6.45, 7) is 0.590. The van der Waals surface area contributed by atoms with E-state index < -0.39 is 0 Å². The summed E-state index contributed by atoms with van der Waals surface area (Å²) >= 11 is 6.06. The number of benzene rings is 1. The van der Waals surface area contributed by atoms with Gasteiger partial charge in [0.2, 0.25) is 5.88 Å². The fourth-order valence-electron chi connectivity index (χ4n) is 1.59. The van der Waals surface area contributed by atoms with E-state index in [1.807, 2.05) is 30.3 Å². The molecule has 0 amide bonds. The molecule has 1 aromatic heterocycles. The number of nitrogens with zero attached hydrogens (tertiary/aromatic N) is 2. The minimum atomic E-state index is 0.374. The lowest BCUT2D eigenvalue weighted by Gasteiger charge is -2.05. The van der Waals surface area contributed by atoms with Gasteiger partial charge in [-0.15, -0.1) is 5.10 Å². The molecule has 1 aromatic carbocycles. The van der Waals surface area contributed by atoms with E-state index in [2.05, 4.69) is 5.10 Å². The molecule has 0 atom stereocenters. The van der Waals surface area contributed by atoms with Crippen LogP contribution in [0.4, 0.5) is 0 Å². The van der Waals surface area contributed by atoms with Crippen LogP contribution in [-0.4, -0.2) is 24.0 Å². The molecule has 1 heterocycles. The van der Waals surface area contributed by atoms with Crippen molar-refractivity contribution in [2.45, 2.75) is 6.54 Å². The Bertz CT molecular complexity index is 497. The summed E-state index contributed by atoms with van der Waals surface area (Å²) in [5.41, 5.74) is 1.12. The van der Waals surface area contributed by atoms with Crippen molar-refractivity contribution in [2.75, 3.05) is 14.2 Å². The smallest absolute Gasteiger partial charge is 0.255 e. The number of methoxy groups -OCH3 is 2. The first-order chi connectivity index (χ1) is 8.26. The van der Waals surface area contributed by atoms with E-state index in [4.69, 9.17) is 21.1 Å². The predicted octanol–water partition coefficient (Wildman–Crippen LogP) is 2.60. The Balaban J connectivity index is 2.32. The molecule has 2 aromatic rings. The van der Waals surface area contributed by atoms with E-state index in [9.17, 15) is 0 Å². The Morgan fingerprint density at radius 1 is 1.18 bits per heavy atom. The molecule has 17 heavy (non-hydrogen) atoms. The van der Waals surface area contributed by atoms with Crippen LogP contribution in [0.1, 0.15) is 5.56 Å². The van der Waals surface area contributed by atoms with Gasteiger partial charge in [0, 0.05) is 0 Å². The highest BCUT2D eigenvalue weighted by Crippen LogP contribution is 2.33. The van der Waals surface area contributed by atoms with E-state index in [0.29, 0.717) is 23.3 Å². The summed E-state index contributed by atoms with van der Waals surface area (Å²) in [5, 5.41) is 4.63. The lowest BCUT2D eigenvalue weighted by molar-refractivity contribution is 0.363. The molecular weight excluding hydrogens is 240 g/mol. The average molecular weight is 253 g/mol. The highest BCUT2D eigenvalue weighted by atomic mass is 35.5. The number of aromatic nitrogens is 2. The maximum atomic E-state index is 6.06. The lowest BCUT2D eigenvalue weighted by atomic mass is 10.2. The standard InChI is InChI=1S/C12H13ClN2O2/c1-16-11-10(13)12(17-2)15(14-11)8-9-6-4-3-5-7-9/h3-7H,8H2,1-2H3. The van der Waals surface area contributed by atoms with E-state index in [1.165, 1.54) is 7.11 Å². The third-order valence-electron chi connectivity index (χ3n) is 2.38. The Kier molecular flexibility index (Phi) is 3.54. The molecule has 0 bridgehead atoms. The molecule has 90 valence electrons. The summed E-state index contributed by atoms with van der Waals surface area (Å²) in [6.07, 6.45) is 0. The first-order valence-electron chi connectivity index (χ1n) is 5.14. The van der Waals surface area contributed by atoms with E-state index in [-0.39, 0.29) is 0 Å². The van der Waals surface area contributed by atoms with Crippen LogP contribution in [0.5, 0.6) is 11.8 Å². The fourth-order valence-corrected chi connectivity index (χ4v) is 1.88. The van der Waals surface area contributed by atoms with Gasteiger partial charge in [0.1, 0.15) is 0 Å². The van der Waals surface area contributed by atoms with Gasteiger partial charge in [0.15, 0.2) is 5.02 Å². The van der Waals surface area contributed by atoms with Crippen LogP contribution in [0.15, 0.2) is 30.3 Å². The Labute approximate surface area is 105 Å². The molecule has 0 N–H and O–H groups in total. The monoisotopic (exact) mass is 252 g/mol. The summed E-state index contributed by atoms with van der Waals surface area (Å²) in [5.74, 6) is 0.881. The van der Waals surface area contributed by atoms with Crippen molar-refractivity contribution < 1.29 is 9.47 Å². The van der Waals surface area contributed by atoms with Crippen LogP contribution < -0.4 is 9.47 Å². The van der Waals surface area contributed by atoms with Gasteiger partial charge in [0.05, 0.1) is 20.8 Å². The quantitative estimate of drug-likeness (QED) is 0.839. The van der Waals surface area contributed by atoms with Crippen LogP contribution in [0, 0.1) is 0 Å². The van der Waals surface area contributed by atoms with Crippen LogP contribution >= 0.6 is 11.6 Å². The third kappa shape index (κ3) is 2.36. The lowest BCUT2D eigenvalue weighted by Crippen LogP contribution is -2.04. The maximum Gasteiger partial charge on any atom is 0.255 e. The normalized spacial score (nSPS) is 10.3. The van der Waals surface area contributed by atoms with Gasteiger partial charge in [0.25, 0.3) is 5.88 Å². The van der Waals surface area contributed by atoms with Crippen LogP contribution in [0.3, 0.4) is 0 Å². The van der Waals surface area contributed by atoms with E-state index in [0.717, 1.165) is 5.56 Å². The van der Waals surface area contributed by atoms with Gasteiger partial charge in [-0.05, 0) is 5.56 Å². The van der Waals surface area contributed by atoms with Gasteiger partial charge >= 0.3 is 0 Å². The molecule has 0 aliphatic carbocycles. The minimum Gasteiger partial charge on any atom is -0.480 e. The topological polar surface area (TPSA) is 36.3 Å². The van der Waals surface area contributed by atoms with Gasteiger partial charge in [-0.2, -0.15) is 0 Å². The van der Waals surface area contributed by atoms with Crippen molar-refractivity contribution in [3.63, 3.8) is 0 Å². The number of halogens is 1. The zero-order chi connectivity index (χ0) is 12.3. The Morgan fingerprint density at radius 3 is 2.47 bits per heavy atom. The molecule has 0 saturated heterocycles. The second kappa shape index (κ2) is 5.10. The Morgan fingerprint density at radius 2 is 1.88 bits per heavy atom. The zero-order valence-electron chi connectivity index (χ0n) is 9.68. The molecule has 0 aliphatic rings. The molecule has 4 nitrogen and oxygen atoms in total. The highest BCUT2D eigenvalue weighted by molar-refractivity contribution is 6.33. The first-order valence-corrected chi connectivity index (χ1v) is 5.52. The number of hydrogen-bond acceptors (Lipinski definition) is 3. The van der Waals surface area contributed by atoms with Gasteiger partial charge in [-0.25, -0.2) is 4.68 Å². The molecule has 0 spiro atoms. The van der Waals surface area contributed by atoms with Crippen LogP contribution in [0.25, 0.3) is 0 Å². The molecule has 0 fully saturated rings. The second-order valence-electron chi connectivity index (χ2n) is 3.48. The minimum absolute atomic E-state index is 0.374. The molecule has 0 saturated carbocycles. The molecule has 5 heteroatoms. The zero-order valence-corrected chi connectivity index (χ0v) is 10.4. The Hall–Kier alpha value is -1.68. The van der Waals surface area contributed by atoms with Crippen molar-refractivity contribution in [3.8, 4) is 11.8 Å². The predicted molar refractivity (Wildman–Crippen MR) is 65.9 cm³/mol. The van der Waals surface area contributed by atoms with Crippen molar-refractivity contribution in [1.82, 2.24) is 9.78 Å². The third-order valence-corrected chi connectivity index (χ3v) is 2.71. The summed E-state index contributed by atoms with van der Waals surface area (Å²) in [7, 11) is 3.09. The first kappa shape index (κ1) is 11.8. The van der Waals surface area contributed by atoms with E-state index >= 15 is 0 Å². The summed E-state index contributed by atoms with van der Waals surface area (Å²) in [4.78, 5) is 0. The second-order valence-corrected chi connectivity index (χ2v) is 3.85. The summed E-state index contributed by atoms with van der Waals surface area (Å²) < 4.78 is 12.0. The van der Waals surface area contributed by atoms with Crippen molar-refractivity contribution in [3.05, 3.63) is 40.9 Å². The molecular formula is C12H13ClN2O2. The SMILES string of the molecule is COc1nn(Cc2ccccc2)c(OC)c1Cl. The molecule has 0 unspecified atom stereocenters. The summed E-state index contributed by atoms with van der Waals surface area (Å²) in [6, 6.07) is 9.95. The van der Waals surface area contributed by atoms with Gasteiger partial charge in [-0.3, -0.25) is 0 Å². The molecule has 0 aliphatic heterocycles. The van der Waals surface area contributed by atoms with Crippen LogP contribution in [-0.2, 0) is 6.54 Å². The molecule has 2 rings (SSSR count). The highest BCUT2D eigenvalue weighted by Gasteiger charge is 2.17. The van der Waals surface area contributed by atoms with Crippen molar-refractivity contribution in [1.29, 1.82) is 0 Å². The number of hydrogen-bond donors (Lipinski definition) is 0. The van der Waals surface area contributed by atoms with E-state index in [1.54, 1.807) is 11.8 Å². The average Bonchev–Trinajstić information content (AvgIpc) is 2.66. The number of rotatable bonds is 4. The van der Waals surface area contributed by atoms with Crippen LogP contribution in [0.2, 0.25) is 5.02 Å². The van der Waals surface area contributed by atoms with Gasteiger partial charge in [-0.1, -0.05) is 41.9 Å². The van der Waals surface area contributed by atoms with Crippen molar-refractivity contribution >= 4 is 11.6 Å². The maximum absolute atomic E-state index is 6.06. The van der Waals surface area contributed by atoms with Crippen molar-refractivity contribution in [2.24, 2.45) is 0 Å².